The lowest BCUT2D eigenvalue weighted by molar-refractivity contribution is 0.110. The first-order valence-corrected chi connectivity index (χ1v) is 7.86. The quantitative estimate of drug-likeness (QED) is 0.749. The molecule has 2 heterocycles. The van der Waals surface area contributed by atoms with Crippen molar-refractivity contribution < 1.29 is 4.74 Å². The summed E-state index contributed by atoms with van der Waals surface area (Å²) < 4.78 is 5.58. The van der Waals surface area contributed by atoms with Crippen molar-refractivity contribution in [2.24, 2.45) is 0 Å². The minimum atomic E-state index is 0.161. The highest BCUT2D eigenvalue weighted by Gasteiger charge is 2.20. The summed E-state index contributed by atoms with van der Waals surface area (Å²) in [5, 5.41) is 1.29. The number of halogens is 3. The smallest absolute Gasteiger partial charge is 0.142 e. The van der Waals surface area contributed by atoms with Crippen LogP contribution in [0.15, 0.2) is 24.3 Å². The molecule has 1 saturated heterocycles. The number of benzene rings is 1. The minimum Gasteiger partial charge on any atom is -0.378 e. The fourth-order valence-corrected chi connectivity index (χ4v) is 3.26. The number of hydrogen-bond acceptors (Lipinski definition) is 3. The van der Waals surface area contributed by atoms with E-state index in [1.165, 1.54) is 0 Å². The maximum Gasteiger partial charge on any atom is 0.142 e. The van der Waals surface area contributed by atoms with Gasteiger partial charge in [0.2, 0.25) is 0 Å². The monoisotopic (exact) mass is 342 g/mol. The highest BCUT2D eigenvalue weighted by atomic mass is 35.5. The van der Waals surface area contributed by atoms with Crippen LogP contribution in [-0.2, 0) is 11.2 Å². The van der Waals surface area contributed by atoms with E-state index in [1.807, 2.05) is 12.1 Å². The second-order valence-electron chi connectivity index (χ2n) is 4.95. The van der Waals surface area contributed by atoms with Crippen molar-refractivity contribution in [3.63, 3.8) is 0 Å². The highest BCUT2D eigenvalue weighted by Crippen LogP contribution is 2.34. The Hall–Kier alpha value is -0.870. The molecule has 0 amide bonds. The van der Waals surface area contributed by atoms with Gasteiger partial charge in [-0.05, 0) is 30.5 Å². The Bertz CT molecular complexity index is 634. The van der Waals surface area contributed by atoms with E-state index < -0.39 is 0 Å². The summed E-state index contributed by atoms with van der Waals surface area (Å²) in [6, 6.07) is 7.30. The zero-order valence-corrected chi connectivity index (χ0v) is 13.4. The van der Waals surface area contributed by atoms with Crippen LogP contribution in [0.2, 0.25) is 15.3 Å². The molecule has 1 aromatic heterocycles. The molecule has 1 atom stereocenters. The summed E-state index contributed by atoms with van der Waals surface area (Å²) in [5.41, 5.74) is 1.41. The van der Waals surface area contributed by atoms with Crippen LogP contribution in [-0.4, -0.2) is 22.7 Å². The normalized spacial score (nSPS) is 18.1. The van der Waals surface area contributed by atoms with Crippen LogP contribution in [0.4, 0.5) is 0 Å². The fraction of sp³-hybridized carbons (Fsp3) is 0.333. The standard InChI is InChI=1S/C15H13Cl3N2O/c16-10-4-1-3-9(7-10)13-14(17)19-12(20-15(13)18)8-11-5-2-6-21-11/h1,3-4,7,11H,2,5-6,8H2. The van der Waals surface area contributed by atoms with Crippen molar-refractivity contribution in [2.75, 3.05) is 6.61 Å². The highest BCUT2D eigenvalue weighted by molar-refractivity contribution is 6.38. The van der Waals surface area contributed by atoms with Crippen molar-refractivity contribution in [1.82, 2.24) is 9.97 Å². The van der Waals surface area contributed by atoms with E-state index in [0.29, 0.717) is 33.1 Å². The molecule has 0 radical (unpaired) electrons. The van der Waals surface area contributed by atoms with Crippen molar-refractivity contribution in [3.05, 3.63) is 45.4 Å². The third-order valence-corrected chi connectivity index (χ3v) is 4.20. The Morgan fingerprint density at radius 3 is 2.52 bits per heavy atom. The number of nitrogens with zero attached hydrogens (tertiary/aromatic N) is 2. The van der Waals surface area contributed by atoms with Gasteiger partial charge in [0.1, 0.15) is 16.1 Å². The molecule has 0 aliphatic carbocycles. The maximum absolute atomic E-state index is 6.29. The third kappa shape index (κ3) is 3.49. The molecule has 21 heavy (non-hydrogen) atoms. The first-order chi connectivity index (χ1) is 10.1. The van der Waals surface area contributed by atoms with Crippen molar-refractivity contribution in [3.8, 4) is 11.1 Å². The predicted molar refractivity (Wildman–Crippen MR) is 85.2 cm³/mol. The Morgan fingerprint density at radius 2 is 1.90 bits per heavy atom. The van der Waals surface area contributed by atoms with Crippen LogP contribution in [0.25, 0.3) is 11.1 Å². The van der Waals surface area contributed by atoms with E-state index in [-0.39, 0.29) is 6.10 Å². The molecule has 1 unspecified atom stereocenters. The average Bonchev–Trinajstić information content (AvgIpc) is 2.91. The fourth-order valence-electron chi connectivity index (χ4n) is 2.43. The van der Waals surface area contributed by atoms with Gasteiger partial charge in [0.25, 0.3) is 0 Å². The Labute approximate surface area is 138 Å². The van der Waals surface area contributed by atoms with Crippen LogP contribution in [0.1, 0.15) is 18.7 Å². The van der Waals surface area contributed by atoms with Gasteiger partial charge in [-0.1, -0.05) is 46.9 Å². The SMILES string of the molecule is Clc1cccc(-c2c(Cl)nc(CC3CCCO3)nc2Cl)c1. The largest absolute Gasteiger partial charge is 0.378 e. The van der Waals surface area contributed by atoms with E-state index >= 15 is 0 Å². The molecule has 110 valence electrons. The molecule has 0 spiro atoms. The molecule has 6 heteroatoms. The third-order valence-electron chi connectivity index (χ3n) is 3.41. The van der Waals surface area contributed by atoms with E-state index in [9.17, 15) is 0 Å². The Kier molecular flexibility index (Phi) is 4.65. The lowest BCUT2D eigenvalue weighted by Crippen LogP contribution is -2.12. The molecule has 1 aliphatic rings. The van der Waals surface area contributed by atoms with Gasteiger partial charge in [-0.25, -0.2) is 9.97 Å². The Balaban J connectivity index is 1.92. The van der Waals surface area contributed by atoms with E-state index in [0.717, 1.165) is 25.0 Å². The van der Waals surface area contributed by atoms with Gasteiger partial charge in [0.15, 0.2) is 0 Å². The summed E-state index contributed by atoms with van der Waals surface area (Å²) in [7, 11) is 0. The molecule has 3 rings (SSSR count). The molecule has 0 saturated carbocycles. The molecule has 1 aliphatic heterocycles. The number of rotatable bonds is 3. The van der Waals surface area contributed by atoms with Crippen molar-refractivity contribution in [1.29, 1.82) is 0 Å². The summed E-state index contributed by atoms with van der Waals surface area (Å²) in [6.07, 6.45) is 2.89. The molecule has 1 fully saturated rings. The number of aromatic nitrogens is 2. The van der Waals surface area contributed by atoms with Crippen LogP contribution in [0.3, 0.4) is 0 Å². The predicted octanol–water partition coefficient (Wildman–Crippen LogP) is 4.83. The average molecular weight is 344 g/mol. The zero-order valence-electron chi connectivity index (χ0n) is 11.2. The van der Waals surface area contributed by atoms with Gasteiger partial charge in [-0.2, -0.15) is 0 Å². The van der Waals surface area contributed by atoms with E-state index in [1.54, 1.807) is 12.1 Å². The number of hydrogen-bond donors (Lipinski definition) is 0. The molecule has 2 aromatic rings. The molecule has 0 N–H and O–H groups in total. The number of ether oxygens (including phenoxy) is 1. The van der Waals surface area contributed by atoms with Gasteiger partial charge in [-0.15, -0.1) is 0 Å². The van der Waals surface area contributed by atoms with Crippen LogP contribution >= 0.6 is 34.8 Å². The second kappa shape index (κ2) is 6.49. The summed E-state index contributed by atoms with van der Waals surface area (Å²) >= 11 is 18.6. The van der Waals surface area contributed by atoms with Gasteiger partial charge in [-0.3, -0.25) is 0 Å². The second-order valence-corrected chi connectivity index (χ2v) is 6.10. The van der Waals surface area contributed by atoms with Crippen LogP contribution in [0.5, 0.6) is 0 Å². The first-order valence-electron chi connectivity index (χ1n) is 6.73. The maximum atomic E-state index is 6.29. The minimum absolute atomic E-state index is 0.161. The summed E-state index contributed by atoms with van der Waals surface area (Å²) in [5.74, 6) is 0.614. The molecular formula is C15H13Cl3N2O. The van der Waals surface area contributed by atoms with Crippen molar-refractivity contribution >= 4 is 34.8 Å². The lowest BCUT2D eigenvalue weighted by Gasteiger charge is -2.11. The molecule has 1 aromatic carbocycles. The first kappa shape index (κ1) is 15.0. The lowest BCUT2D eigenvalue weighted by atomic mass is 10.1. The molecule has 3 nitrogen and oxygen atoms in total. The van der Waals surface area contributed by atoms with Gasteiger partial charge in [0, 0.05) is 18.1 Å². The van der Waals surface area contributed by atoms with Crippen molar-refractivity contribution in [2.45, 2.75) is 25.4 Å². The van der Waals surface area contributed by atoms with Gasteiger partial charge >= 0.3 is 0 Å². The van der Waals surface area contributed by atoms with Crippen LogP contribution < -0.4 is 0 Å². The zero-order chi connectivity index (χ0) is 14.8. The van der Waals surface area contributed by atoms with Gasteiger partial charge < -0.3 is 4.74 Å². The summed E-state index contributed by atoms with van der Waals surface area (Å²) in [6.45, 7) is 0.798. The molecule has 0 bridgehead atoms. The summed E-state index contributed by atoms with van der Waals surface area (Å²) in [4.78, 5) is 8.70. The Morgan fingerprint density at radius 1 is 1.14 bits per heavy atom. The molecular weight excluding hydrogens is 331 g/mol. The topological polar surface area (TPSA) is 35.0 Å². The van der Waals surface area contributed by atoms with Gasteiger partial charge in [0.05, 0.1) is 11.7 Å². The van der Waals surface area contributed by atoms with Crippen LogP contribution in [0, 0.1) is 0 Å². The van der Waals surface area contributed by atoms with E-state index in [4.69, 9.17) is 39.5 Å². The van der Waals surface area contributed by atoms with E-state index in [2.05, 4.69) is 9.97 Å².